The van der Waals surface area contributed by atoms with E-state index in [2.05, 4.69) is 10.2 Å². The lowest BCUT2D eigenvalue weighted by Crippen LogP contribution is -2.43. The van der Waals surface area contributed by atoms with Gasteiger partial charge in [0.1, 0.15) is 0 Å². The van der Waals surface area contributed by atoms with Crippen LogP contribution >= 0.6 is 0 Å². The highest BCUT2D eigenvalue weighted by Crippen LogP contribution is 2.18. The molecule has 2 fully saturated rings. The van der Waals surface area contributed by atoms with Crippen LogP contribution in [0.1, 0.15) is 19.3 Å². The Hall–Kier alpha value is -1.14. The SMILES string of the molecule is CN(CC(=O)NC1CC1)C(=O)CN1CCC(CN)C1. The van der Waals surface area contributed by atoms with E-state index in [9.17, 15) is 9.59 Å². The van der Waals surface area contributed by atoms with Gasteiger partial charge in [-0.15, -0.1) is 0 Å². The number of amides is 2. The first kappa shape index (κ1) is 14.3. The lowest BCUT2D eigenvalue weighted by molar-refractivity contribution is -0.135. The molecule has 2 aliphatic rings. The number of likely N-dealkylation sites (tertiary alicyclic amines) is 1. The van der Waals surface area contributed by atoms with E-state index in [0.717, 1.165) is 32.4 Å². The molecule has 0 aromatic heterocycles. The lowest BCUT2D eigenvalue weighted by atomic mass is 10.1. The maximum absolute atomic E-state index is 12.0. The van der Waals surface area contributed by atoms with Gasteiger partial charge in [-0.1, -0.05) is 0 Å². The van der Waals surface area contributed by atoms with Crippen LogP contribution in [0, 0.1) is 5.92 Å². The summed E-state index contributed by atoms with van der Waals surface area (Å²) in [6.45, 7) is 3.05. The lowest BCUT2D eigenvalue weighted by Gasteiger charge is -2.21. The molecule has 1 unspecified atom stereocenters. The average molecular weight is 268 g/mol. The normalized spacial score (nSPS) is 23.4. The van der Waals surface area contributed by atoms with Crippen molar-refractivity contribution in [2.24, 2.45) is 11.7 Å². The zero-order valence-electron chi connectivity index (χ0n) is 11.6. The zero-order chi connectivity index (χ0) is 13.8. The third kappa shape index (κ3) is 4.47. The van der Waals surface area contributed by atoms with Gasteiger partial charge in [-0.25, -0.2) is 0 Å². The first-order chi connectivity index (χ1) is 9.08. The van der Waals surface area contributed by atoms with Crippen molar-refractivity contribution in [3.8, 4) is 0 Å². The first-order valence-electron chi connectivity index (χ1n) is 7.04. The number of nitrogens with zero attached hydrogens (tertiary/aromatic N) is 2. The highest BCUT2D eigenvalue weighted by Gasteiger charge is 2.26. The van der Waals surface area contributed by atoms with Crippen LogP contribution in [-0.2, 0) is 9.59 Å². The third-order valence-corrected chi connectivity index (χ3v) is 3.81. The van der Waals surface area contributed by atoms with Crippen LogP contribution in [0.3, 0.4) is 0 Å². The Morgan fingerprint density at radius 1 is 1.37 bits per heavy atom. The zero-order valence-corrected chi connectivity index (χ0v) is 11.6. The highest BCUT2D eigenvalue weighted by molar-refractivity contribution is 5.85. The molecule has 1 atom stereocenters. The summed E-state index contributed by atoms with van der Waals surface area (Å²) >= 11 is 0. The molecule has 0 radical (unpaired) electrons. The number of nitrogens with two attached hydrogens (primary N) is 1. The van der Waals surface area contributed by atoms with Gasteiger partial charge in [-0.05, 0) is 38.3 Å². The van der Waals surface area contributed by atoms with Crippen molar-refractivity contribution in [1.29, 1.82) is 0 Å². The summed E-state index contributed by atoms with van der Waals surface area (Å²) < 4.78 is 0. The molecule has 0 spiro atoms. The molecular weight excluding hydrogens is 244 g/mol. The summed E-state index contributed by atoms with van der Waals surface area (Å²) in [5.74, 6) is 0.458. The Kier molecular flexibility index (Phi) is 4.76. The predicted molar refractivity (Wildman–Crippen MR) is 72.4 cm³/mol. The van der Waals surface area contributed by atoms with Gasteiger partial charge in [0.15, 0.2) is 0 Å². The molecule has 108 valence electrons. The molecule has 0 aromatic carbocycles. The molecule has 0 aromatic rings. The van der Waals surface area contributed by atoms with E-state index in [1.165, 1.54) is 4.90 Å². The van der Waals surface area contributed by atoms with Crippen molar-refractivity contribution >= 4 is 11.8 Å². The van der Waals surface area contributed by atoms with Crippen LogP contribution in [0.5, 0.6) is 0 Å². The smallest absolute Gasteiger partial charge is 0.239 e. The first-order valence-corrected chi connectivity index (χ1v) is 7.04. The van der Waals surface area contributed by atoms with Gasteiger partial charge < -0.3 is 16.0 Å². The Labute approximate surface area is 114 Å². The number of carbonyl (C=O) groups excluding carboxylic acids is 2. The van der Waals surface area contributed by atoms with E-state index < -0.39 is 0 Å². The fourth-order valence-electron chi connectivity index (χ4n) is 2.37. The molecule has 6 heteroatoms. The van der Waals surface area contributed by atoms with E-state index in [-0.39, 0.29) is 18.4 Å². The molecule has 1 saturated heterocycles. The summed E-state index contributed by atoms with van der Waals surface area (Å²) in [5, 5.41) is 2.89. The highest BCUT2D eigenvalue weighted by atomic mass is 16.2. The monoisotopic (exact) mass is 268 g/mol. The molecular formula is C13H24N4O2. The maximum atomic E-state index is 12.0. The predicted octanol–water partition coefficient (Wildman–Crippen LogP) is -0.996. The van der Waals surface area contributed by atoms with Crippen LogP contribution in [0.2, 0.25) is 0 Å². The van der Waals surface area contributed by atoms with Gasteiger partial charge in [-0.3, -0.25) is 14.5 Å². The quantitative estimate of drug-likeness (QED) is 0.648. The van der Waals surface area contributed by atoms with Crippen LogP contribution in [0.15, 0.2) is 0 Å². The van der Waals surface area contributed by atoms with Gasteiger partial charge in [0.2, 0.25) is 11.8 Å². The summed E-state index contributed by atoms with van der Waals surface area (Å²) in [6.07, 6.45) is 3.20. The fraction of sp³-hybridized carbons (Fsp3) is 0.846. The summed E-state index contributed by atoms with van der Waals surface area (Å²) in [6, 6.07) is 0.347. The second-order valence-corrected chi connectivity index (χ2v) is 5.72. The fourth-order valence-corrected chi connectivity index (χ4v) is 2.37. The van der Waals surface area contributed by atoms with Gasteiger partial charge in [-0.2, -0.15) is 0 Å². The Balaban J connectivity index is 1.68. The number of likely N-dealkylation sites (N-methyl/N-ethyl adjacent to an activating group) is 1. The van der Waals surface area contributed by atoms with Crippen LogP contribution in [-0.4, -0.2) is 67.4 Å². The number of hydrogen-bond acceptors (Lipinski definition) is 4. The molecule has 19 heavy (non-hydrogen) atoms. The number of hydrogen-bond donors (Lipinski definition) is 2. The van der Waals surface area contributed by atoms with Gasteiger partial charge in [0, 0.05) is 19.6 Å². The maximum Gasteiger partial charge on any atom is 0.239 e. The Morgan fingerprint density at radius 2 is 2.11 bits per heavy atom. The molecule has 1 saturated carbocycles. The van der Waals surface area contributed by atoms with Crippen molar-refractivity contribution < 1.29 is 9.59 Å². The van der Waals surface area contributed by atoms with Gasteiger partial charge in [0.25, 0.3) is 0 Å². The van der Waals surface area contributed by atoms with Crippen LogP contribution < -0.4 is 11.1 Å². The number of nitrogens with one attached hydrogen (secondary N) is 1. The number of carbonyl (C=O) groups is 2. The van der Waals surface area contributed by atoms with E-state index in [1.807, 2.05) is 0 Å². The van der Waals surface area contributed by atoms with Crippen LogP contribution in [0.4, 0.5) is 0 Å². The van der Waals surface area contributed by atoms with E-state index in [1.54, 1.807) is 7.05 Å². The van der Waals surface area contributed by atoms with Crippen molar-refractivity contribution in [1.82, 2.24) is 15.1 Å². The van der Waals surface area contributed by atoms with E-state index in [4.69, 9.17) is 5.73 Å². The largest absolute Gasteiger partial charge is 0.352 e. The van der Waals surface area contributed by atoms with Gasteiger partial charge >= 0.3 is 0 Å². The molecule has 1 aliphatic carbocycles. The number of rotatable bonds is 6. The minimum absolute atomic E-state index is 0.00335. The van der Waals surface area contributed by atoms with Crippen molar-refractivity contribution in [3.63, 3.8) is 0 Å². The molecule has 1 aliphatic heterocycles. The van der Waals surface area contributed by atoms with E-state index in [0.29, 0.717) is 25.0 Å². The van der Waals surface area contributed by atoms with Crippen molar-refractivity contribution in [2.45, 2.75) is 25.3 Å². The summed E-state index contributed by atoms with van der Waals surface area (Å²) in [4.78, 5) is 27.2. The van der Waals surface area contributed by atoms with Crippen LogP contribution in [0.25, 0.3) is 0 Å². The second kappa shape index (κ2) is 6.34. The molecule has 6 nitrogen and oxygen atoms in total. The summed E-state index contributed by atoms with van der Waals surface area (Å²) in [7, 11) is 1.69. The van der Waals surface area contributed by atoms with E-state index >= 15 is 0 Å². The average Bonchev–Trinajstić information content (AvgIpc) is 3.05. The Morgan fingerprint density at radius 3 is 2.68 bits per heavy atom. The molecule has 3 N–H and O–H groups in total. The minimum atomic E-state index is -0.0559. The standard InChI is InChI=1S/C13H24N4O2/c1-16(8-12(18)15-11-2-3-11)13(19)9-17-5-4-10(6-14)7-17/h10-11H,2-9,14H2,1H3,(H,15,18). The molecule has 1 heterocycles. The van der Waals surface area contributed by atoms with Crippen molar-refractivity contribution in [3.05, 3.63) is 0 Å². The topological polar surface area (TPSA) is 78.7 Å². The molecule has 2 amide bonds. The van der Waals surface area contributed by atoms with Gasteiger partial charge in [0.05, 0.1) is 13.1 Å². The molecule has 2 rings (SSSR count). The summed E-state index contributed by atoms with van der Waals surface area (Å²) in [5.41, 5.74) is 5.63. The molecule has 0 bridgehead atoms. The second-order valence-electron chi connectivity index (χ2n) is 5.72. The van der Waals surface area contributed by atoms with Crippen molar-refractivity contribution in [2.75, 3.05) is 39.8 Å². The Bertz CT molecular complexity index is 344. The minimum Gasteiger partial charge on any atom is -0.352 e. The third-order valence-electron chi connectivity index (χ3n) is 3.81.